The van der Waals surface area contributed by atoms with Crippen molar-refractivity contribution >= 4 is 11.8 Å². The van der Waals surface area contributed by atoms with E-state index in [0.717, 1.165) is 10.9 Å². The third kappa shape index (κ3) is 1.38. The molecule has 0 saturated heterocycles. The summed E-state index contributed by atoms with van der Waals surface area (Å²) in [6.45, 7) is 2.07. The molecule has 0 amide bonds. The number of hydrogen-bond acceptors (Lipinski definition) is 3. The molecule has 9 heavy (non-hydrogen) atoms. The Labute approximate surface area is 58.2 Å². The number of aromatic nitrogens is 2. The molecule has 3 nitrogen and oxygen atoms in total. The van der Waals surface area contributed by atoms with Gasteiger partial charge in [-0.25, -0.2) is 9.66 Å². The van der Waals surface area contributed by atoms with Crippen LogP contribution in [0, 0.1) is 0 Å². The molecular formula is C5H9N3S. The van der Waals surface area contributed by atoms with Crippen molar-refractivity contribution in [2.45, 2.75) is 12.1 Å². The first kappa shape index (κ1) is 6.48. The normalized spacial score (nSPS) is 9.89. The Morgan fingerprint density at radius 3 is 3.11 bits per heavy atom. The first-order valence-corrected chi connectivity index (χ1v) is 3.74. The molecule has 1 aromatic rings. The number of nitrogens with two attached hydrogens (primary N) is 1. The molecule has 0 radical (unpaired) electrons. The lowest BCUT2D eigenvalue weighted by atomic mass is 11.0. The van der Waals surface area contributed by atoms with Crippen LogP contribution in [0.3, 0.4) is 0 Å². The summed E-state index contributed by atoms with van der Waals surface area (Å²) in [5, 5.41) is 0.873. The number of nitrogen functional groups attached to an aromatic ring is 1. The molecule has 0 atom stereocenters. The van der Waals surface area contributed by atoms with Crippen LogP contribution in [0.2, 0.25) is 0 Å². The molecule has 1 heterocycles. The van der Waals surface area contributed by atoms with Gasteiger partial charge in [-0.15, -0.1) is 0 Å². The summed E-state index contributed by atoms with van der Waals surface area (Å²) in [7, 11) is 0. The van der Waals surface area contributed by atoms with Crippen molar-refractivity contribution < 1.29 is 0 Å². The Kier molecular flexibility index (Phi) is 2.00. The Bertz CT molecular complexity index is 184. The van der Waals surface area contributed by atoms with Crippen LogP contribution in [-0.4, -0.2) is 15.4 Å². The number of hydrogen-bond donors (Lipinski definition) is 1. The van der Waals surface area contributed by atoms with Crippen molar-refractivity contribution in [3.05, 3.63) is 12.4 Å². The summed E-state index contributed by atoms with van der Waals surface area (Å²) in [4.78, 5) is 4.01. The molecule has 0 bridgehead atoms. The second-order valence-corrected chi connectivity index (χ2v) is 2.78. The molecular weight excluding hydrogens is 134 g/mol. The minimum Gasteiger partial charge on any atom is -0.337 e. The van der Waals surface area contributed by atoms with E-state index in [1.807, 2.05) is 0 Å². The van der Waals surface area contributed by atoms with Gasteiger partial charge in [-0.2, -0.15) is 0 Å². The van der Waals surface area contributed by atoms with Crippen molar-refractivity contribution in [1.82, 2.24) is 9.66 Å². The molecule has 2 N–H and O–H groups in total. The number of nitrogens with zero attached hydrogens (tertiary/aromatic N) is 2. The van der Waals surface area contributed by atoms with E-state index < -0.39 is 0 Å². The van der Waals surface area contributed by atoms with E-state index in [2.05, 4.69) is 11.9 Å². The van der Waals surface area contributed by atoms with Gasteiger partial charge < -0.3 is 5.84 Å². The monoisotopic (exact) mass is 143 g/mol. The van der Waals surface area contributed by atoms with E-state index in [4.69, 9.17) is 5.84 Å². The summed E-state index contributed by atoms with van der Waals surface area (Å²) in [6, 6.07) is 0. The van der Waals surface area contributed by atoms with E-state index in [-0.39, 0.29) is 0 Å². The van der Waals surface area contributed by atoms with Crippen LogP contribution in [-0.2, 0) is 0 Å². The molecule has 0 spiro atoms. The van der Waals surface area contributed by atoms with Gasteiger partial charge in [0.05, 0.1) is 0 Å². The largest absolute Gasteiger partial charge is 0.337 e. The minimum absolute atomic E-state index is 0.873. The van der Waals surface area contributed by atoms with Gasteiger partial charge in [-0.1, -0.05) is 18.7 Å². The fraction of sp³-hybridized carbons (Fsp3) is 0.400. The predicted octanol–water partition coefficient (Wildman–Crippen LogP) is 0.709. The van der Waals surface area contributed by atoms with Gasteiger partial charge in [-0.05, 0) is 5.75 Å². The molecule has 0 aliphatic heterocycles. The predicted molar refractivity (Wildman–Crippen MR) is 38.8 cm³/mol. The second kappa shape index (κ2) is 2.77. The van der Waals surface area contributed by atoms with Crippen molar-refractivity contribution in [2.24, 2.45) is 0 Å². The molecule has 4 heteroatoms. The topological polar surface area (TPSA) is 43.8 Å². The summed E-state index contributed by atoms with van der Waals surface area (Å²) >= 11 is 1.64. The molecule has 0 unspecified atom stereocenters. The Hall–Kier alpha value is -0.640. The van der Waals surface area contributed by atoms with Crippen molar-refractivity contribution in [2.75, 3.05) is 11.6 Å². The zero-order valence-electron chi connectivity index (χ0n) is 5.24. The Morgan fingerprint density at radius 1 is 1.89 bits per heavy atom. The highest BCUT2D eigenvalue weighted by molar-refractivity contribution is 7.99. The van der Waals surface area contributed by atoms with Crippen molar-refractivity contribution in [3.63, 3.8) is 0 Å². The highest BCUT2D eigenvalue weighted by Gasteiger charge is 1.95. The molecule has 0 aromatic carbocycles. The molecule has 0 saturated carbocycles. The molecule has 0 aliphatic carbocycles. The van der Waals surface area contributed by atoms with Crippen molar-refractivity contribution in [1.29, 1.82) is 0 Å². The van der Waals surface area contributed by atoms with Gasteiger partial charge >= 0.3 is 0 Å². The molecule has 0 fully saturated rings. The maximum Gasteiger partial charge on any atom is 0.186 e. The van der Waals surface area contributed by atoms with Gasteiger partial charge in [0.1, 0.15) is 0 Å². The second-order valence-electron chi connectivity index (χ2n) is 1.55. The fourth-order valence-electron chi connectivity index (χ4n) is 0.540. The van der Waals surface area contributed by atoms with Crippen LogP contribution in [0.25, 0.3) is 0 Å². The summed E-state index contributed by atoms with van der Waals surface area (Å²) in [5.74, 6) is 6.47. The van der Waals surface area contributed by atoms with Gasteiger partial charge in [0, 0.05) is 12.4 Å². The van der Waals surface area contributed by atoms with Crippen LogP contribution >= 0.6 is 11.8 Å². The van der Waals surface area contributed by atoms with E-state index in [9.17, 15) is 0 Å². The fourth-order valence-corrected chi connectivity index (χ4v) is 1.14. The van der Waals surface area contributed by atoms with Crippen LogP contribution in [0.15, 0.2) is 17.6 Å². The molecule has 50 valence electrons. The summed E-state index contributed by atoms with van der Waals surface area (Å²) < 4.78 is 1.52. The van der Waals surface area contributed by atoms with Crippen LogP contribution in [0.5, 0.6) is 0 Å². The quantitative estimate of drug-likeness (QED) is 0.490. The average Bonchev–Trinajstić information content (AvgIpc) is 2.18. The standard InChI is InChI=1S/C5H9N3S/c1-2-9-5-7-3-4-8(5)6/h3-4H,2,6H2,1H3. The number of rotatable bonds is 2. The zero-order chi connectivity index (χ0) is 6.69. The first-order chi connectivity index (χ1) is 4.34. The first-order valence-electron chi connectivity index (χ1n) is 2.76. The number of imidazole rings is 1. The van der Waals surface area contributed by atoms with Gasteiger partial charge in [0.25, 0.3) is 0 Å². The van der Waals surface area contributed by atoms with Gasteiger partial charge in [-0.3, -0.25) is 0 Å². The number of thioether (sulfide) groups is 1. The molecule has 1 rings (SSSR count). The van der Waals surface area contributed by atoms with Crippen LogP contribution in [0.1, 0.15) is 6.92 Å². The van der Waals surface area contributed by atoms with E-state index in [1.54, 1.807) is 24.2 Å². The maximum absolute atomic E-state index is 5.46. The third-order valence-electron chi connectivity index (χ3n) is 0.907. The summed E-state index contributed by atoms with van der Waals surface area (Å²) in [5.41, 5.74) is 0. The minimum atomic E-state index is 0.873. The Balaban J connectivity index is 2.69. The van der Waals surface area contributed by atoms with Crippen molar-refractivity contribution in [3.8, 4) is 0 Å². The van der Waals surface area contributed by atoms with E-state index >= 15 is 0 Å². The maximum atomic E-state index is 5.46. The average molecular weight is 143 g/mol. The Morgan fingerprint density at radius 2 is 2.67 bits per heavy atom. The third-order valence-corrected chi connectivity index (χ3v) is 1.77. The zero-order valence-corrected chi connectivity index (χ0v) is 6.06. The van der Waals surface area contributed by atoms with E-state index in [0.29, 0.717) is 0 Å². The lowest BCUT2D eigenvalue weighted by Crippen LogP contribution is -2.07. The van der Waals surface area contributed by atoms with Gasteiger partial charge in [0.15, 0.2) is 5.16 Å². The lowest BCUT2D eigenvalue weighted by molar-refractivity contribution is 0.852. The van der Waals surface area contributed by atoms with E-state index in [1.165, 1.54) is 4.68 Å². The highest BCUT2D eigenvalue weighted by Crippen LogP contribution is 2.11. The molecule has 1 aromatic heterocycles. The highest BCUT2D eigenvalue weighted by atomic mass is 32.2. The molecule has 0 aliphatic rings. The lowest BCUT2D eigenvalue weighted by Gasteiger charge is -1.95. The summed E-state index contributed by atoms with van der Waals surface area (Å²) in [6.07, 6.45) is 3.43. The smallest absolute Gasteiger partial charge is 0.186 e. The SMILES string of the molecule is CCSc1nccn1N. The van der Waals surface area contributed by atoms with Gasteiger partial charge in [0.2, 0.25) is 0 Å². The van der Waals surface area contributed by atoms with Crippen LogP contribution in [0.4, 0.5) is 0 Å². The van der Waals surface area contributed by atoms with Crippen LogP contribution < -0.4 is 5.84 Å².